The number of aromatic nitrogens is 5. The summed E-state index contributed by atoms with van der Waals surface area (Å²) >= 11 is 0. The molecule has 0 radical (unpaired) electrons. The van der Waals surface area contributed by atoms with Gasteiger partial charge in [-0.1, -0.05) is 18.2 Å². The number of halogens is 1. The molecule has 0 fully saturated rings. The number of imidazole rings is 1. The van der Waals surface area contributed by atoms with Crippen LogP contribution < -0.4 is 10.2 Å². The summed E-state index contributed by atoms with van der Waals surface area (Å²) in [5, 5.41) is 3.57. The molecule has 5 aromatic rings. The van der Waals surface area contributed by atoms with Crippen LogP contribution in [0.2, 0.25) is 0 Å². The largest absolute Gasteiger partial charge is 0.383 e. The Labute approximate surface area is 208 Å². The number of nitrogens with one attached hydrogen (secondary N) is 2. The maximum Gasteiger partial charge on any atom is 0.157 e. The van der Waals surface area contributed by atoms with Gasteiger partial charge in [0.2, 0.25) is 0 Å². The van der Waals surface area contributed by atoms with E-state index in [0.717, 1.165) is 69.5 Å². The molecule has 0 amide bonds. The van der Waals surface area contributed by atoms with Crippen LogP contribution in [0.15, 0.2) is 61.1 Å². The molecule has 7 nitrogen and oxygen atoms in total. The number of hydrogen-bond acceptors (Lipinski definition) is 6. The second-order valence-electron chi connectivity index (χ2n) is 9.20. The van der Waals surface area contributed by atoms with E-state index in [0.29, 0.717) is 13.0 Å². The fourth-order valence-electron chi connectivity index (χ4n) is 4.81. The molecule has 180 valence electrons. The fraction of sp³-hybridized carbons (Fsp3) is 0.214. The Morgan fingerprint density at radius 3 is 2.69 bits per heavy atom. The Kier molecular flexibility index (Phi) is 5.56. The number of fused-ring (bicyclic) bond motifs is 2. The number of aryl methyl sites for hydroxylation is 2. The van der Waals surface area contributed by atoms with Crippen molar-refractivity contribution in [1.29, 1.82) is 0 Å². The smallest absolute Gasteiger partial charge is 0.157 e. The van der Waals surface area contributed by atoms with Gasteiger partial charge >= 0.3 is 0 Å². The molecule has 0 bridgehead atoms. The number of hydrogen-bond donors (Lipinski definition) is 2. The number of aromatic amines is 1. The van der Waals surface area contributed by atoms with Gasteiger partial charge in [-0.3, -0.25) is 0 Å². The molecule has 0 spiro atoms. The number of anilines is 2. The van der Waals surface area contributed by atoms with E-state index in [1.165, 1.54) is 17.7 Å². The molecule has 0 unspecified atom stereocenters. The zero-order valence-corrected chi connectivity index (χ0v) is 20.2. The molecule has 3 aromatic heterocycles. The maximum absolute atomic E-state index is 13.4. The van der Waals surface area contributed by atoms with Crippen molar-refractivity contribution in [2.45, 2.75) is 26.8 Å². The number of rotatable bonds is 4. The van der Waals surface area contributed by atoms with Gasteiger partial charge in [0.1, 0.15) is 29.3 Å². The van der Waals surface area contributed by atoms with Crippen molar-refractivity contribution < 1.29 is 4.39 Å². The van der Waals surface area contributed by atoms with Crippen LogP contribution in [0.3, 0.4) is 0 Å². The first-order valence-corrected chi connectivity index (χ1v) is 12.0. The van der Waals surface area contributed by atoms with E-state index in [1.54, 1.807) is 6.33 Å². The van der Waals surface area contributed by atoms with Gasteiger partial charge in [-0.25, -0.2) is 24.3 Å². The number of benzene rings is 2. The lowest BCUT2D eigenvalue weighted by molar-refractivity contribution is 0.627. The third kappa shape index (κ3) is 4.26. The van der Waals surface area contributed by atoms with E-state index < -0.39 is 0 Å². The summed E-state index contributed by atoms with van der Waals surface area (Å²) in [5.74, 6) is 1.54. The van der Waals surface area contributed by atoms with Gasteiger partial charge < -0.3 is 15.2 Å². The van der Waals surface area contributed by atoms with E-state index in [1.807, 2.05) is 32.2 Å². The first kappa shape index (κ1) is 22.2. The zero-order valence-electron chi connectivity index (χ0n) is 20.2. The van der Waals surface area contributed by atoms with Crippen molar-refractivity contribution in [3.8, 4) is 11.1 Å². The first-order chi connectivity index (χ1) is 17.5. The van der Waals surface area contributed by atoms with E-state index in [-0.39, 0.29) is 5.82 Å². The molecule has 0 saturated carbocycles. The molecule has 2 N–H and O–H groups in total. The minimum absolute atomic E-state index is 0.234. The second-order valence-corrected chi connectivity index (χ2v) is 9.20. The number of pyridine rings is 1. The summed E-state index contributed by atoms with van der Waals surface area (Å²) in [7, 11) is 0. The predicted molar refractivity (Wildman–Crippen MR) is 140 cm³/mol. The Morgan fingerprint density at radius 1 is 0.972 bits per heavy atom. The van der Waals surface area contributed by atoms with Crippen LogP contribution in [-0.2, 0) is 13.0 Å². The van der Waals surface area contributed by atoms with Gasteiger partial charge in [0.15, 0.2) is 5.65 Å². The Hall–Kier alpha value is -4.33. The average Bonchev–Trinajstić information content (AvgIpc) is 3.12. The molecule has 1 aliphatic heterocycles. The maximum atomic E-state index is 13.4. The third-order valence-corrected chi connectivity index (χ3v) is 6.68. The summed E-state index contributed by atoms with van der Waals surface area (Å²) in [6.45, 7) is 6.25. The Bertz CT molecular complexity index is 1560. The van der Waals surface area contributed by atoms with Crippen LogP contribution in [-0.4, -0.2) is 38.0 Å². The number of H-pyrrole nitrogens is 1. The summed E-state index contributed by atoms with van der Waals surface area (Å²) < 4.78 is 13.4. The van der Waals surface area contributed by atoms with Crippen molar-refractivity contribution in [2.75, 3.05) is 23.3 Å². The van der Waals surface area contributed by atoms with Gasteiger partial charge in [0, 0.05) is 54.8 Å². The first-order valence-electron chi connectivity index (χ1n) is 12.0. The van der Waals surface area contributed by atoms with E-state index in [4.69, 9.17) is 4.98 Å². The lowest BCUT2D eigenvalue weighted by Crippen LogP contribution is -2.28. The second kappa shape index (κ2) is 9.03. The normalized spacial score (nSPS) is 13.4. The van der Waals surface area contributed by atoms with Gasteiger partial charge in [0.25, 0.3) is 0 Å². The summed E-state index contributed by atoms with van der Waals surface area (Å²) in [4.78, 5) is 23.7. The van der Waals surface area contributed by atoms with Crippen molar-refractivity contribution >= 4 is 22.7 Å². The van der Waals surface area contributed by atoms with Gasteiger partial charge in [-0.15, -0.1) is 0 Å². The summed E-state index contributed by atoms with van der Waals surface area (Å²) in [6.07, 6.45) is 4.16. The summed E-state index contributed by atoms with van der Waals surface area (Å²) in [5.41, 5.74) is 9.12. The van der Waals surface area contributed by atoms with Crippen molar-refractivity contribution in [2.24, 2.45) is 0 Å². The van der Waals surface area contributed by atoms with Crippen LogP contribution in [0, 0.1) is 19.7 Å². The van der Waals surface area contributed by atoms with Gasteiger partial charge in [-0.2, -0.15) is 0 Å². The molecule has 2 aromatic carbocycles. The van der Waals surface area contributed by atoms with Crippen LogP contribution in [0.4, 0.5) is 15.9 Å². The third-order valence-electron chi connectivity index (χ3n) is 6.68. The molecule has 0 aliphatic carbocycles. The molecular weight excluding hydrogens is 453 g/mol. The Morgan fingerprint density at radius 2 is 1.83 bits per heavy atom. The van der Waals surface area contributed by atoms with Crippen LogP contribution in [0.25, 0.3) is 22.3 Å². The molecule has 4 heterocycles. The topological polar surface area (TPSA) is 82.6 Å². The predicted octanol–water partition coefficient (Wildman–Crippen LogP) is 5.19. The molecule has 0 atom stereocenters. The number of nitrogens with zero attached hydrogens (tertiary/aromatic N) is 5. The van der Waals surface area contributed by atoms with E-state index >= 15 is 0 Å². The van der Waals surface area contributed by atoms with Crippen molar-refractivity contribution in [3.63, 3.8) is 0 Å². The zero-order chi connectivity index (χ0) is 24.6. The van der Waals surface area contributed by atoms with Crippen LogP contribution in [0.1, 0.15) is 28.2 Å². The molecule has 36 heavy (non-hydrogen) atoms. The highest BCUT2D eigenvalue weighted by atomic mass is 19.1. The van der Waals surface area contributed by atoms with Crippen LogP contribution in [0.5, 0.6) is 0 Å². The average molecular weight is 480 g/mol. The highest BCUT2D eigenvalue weighted by molar-refractivity contribution is 5.79. The highest BCUT2D eigenvalue weighted by Gasteiger charge is 2.21. The molecule has 0 saturated heterocycles. The quantitative estimate of drug-likeness (QED) is 0.369. The minimum Gasteiger partial charge on any atom is -0.383 e. The van der Waals surface area contributed by atoms with Gasteiger partial charge in [0.05, 0.1) is 0 Å². The lowest BCUT2D eigenvalue weighted by atomic mass is 10.0. The standard InChI is InChI=1S/C28H26FN7/c1-17-24(11-19-3-6-23(29)7-4-19)28(33-16-32-17)36-10-9-30-25-8-5-20(12-22(25)15-36)21-13-26-27(31-14-21)35-18(2)34-26/h3-8,12-14,16,30H,9-11,15H2,1-2H3,(H,31,34,35). The molecular formula is C28H26FN7. The van der Waals surface area contributed by atoms with Crippen molar-refractivity contribution in [1.82, 2.24) is 24.9 Å². The lowest BCUT2D eigenvalue weighted by Gasteiger charge is -2.25. The molecule has 1 aliphatic rings. The molecule has 8 heteroatoms. The SMILES string of the molecule is Cc1nc2cc(-c3ccc4c(c3)CN(c3ncnc(C)c3Cc3ccc(F)cc3)CCN4)cnc2[nH]1. The Balaban J connectivity index is 1.34. The van der Waals surface area contributed by atoms with E-state index in [2.05, 4.69) is 54.4 Å². The minimum atomic E-state index is -0.234. The highest BCUT2D eigenvalue weighted by Crippen LogP contribution is 2.31. The van der Waals surface area contributed by atoms with E-state index in [9.17, 15) is 4.39 Å². The monoisotopic (exact) mass is 479 g/mol. The fourth-order valence-corrected chi connectivity index (χ4v) is 4.81. The molecule has 6 rings (SSSR count). The van der Waals surface area contributed by atoms with Gasteiger partial charge in [-0.05, 0) is 60.9 Å². The summed E-state index contributed by atoms with van der Waals surface area (Å²) in [6, 6.07) is 15.2. The van der Waals surface area contributed by atoms with Crippen LogP contribution >= 0.6 is 0 Å². The van der Waals surface area contributed by atoms with Crippen molar-refractivity contribution in [3.05, 3.63) is 95.1 Å².